The molecular formula is C47H48N4Si. The molecule has 0 amide bonds. The molecule has 5 heteroatoms. The van der Waals surface area contributed by atoms with Crippen molar-refractivity contribution in [1.82, 2.24) is 15.2 Å². The van der Waals surface area contributed by atoms with Gasteiger partial charge >= 0.3 is 0 Å². The van der Waals surface area contributed by atoms with Crippen molar-refractivity contribution in [3.05, 3.63) is 162 Å². The molecule has 52 heavy (non-hydrogen) atoms. The van der Waals surface area contributed by atoms with Crippen molar-refractivity contribution in [3.8, 4) is 11.3 Å². The van der Waals surface area contributed by atoms with E-state index in [1.54, 1.807) is 0 Å². The van der Waals surface area contributed by atoms with Crippen LogP contribution in [-0.4, -0.2) is 23.3 Å². The quantitative estimate of drug-likeness (QED) is 0.176. The molecule has 2 atom stereocenters. The summed E-state index contributed by atoms with van der Waals surface area (Å²) >= 11 is 0. The highest BCUT2D eigenvalue weighted by molar-refractivity contribution is 7.18. The highest BCUT2D eigenvalue weighted by Crippen LogP contribution is 2.46. The summed E-state index contributed by atoms with van der Waals surface area (Å²) in [7, 11) is -2.84. The standard InChI is InChI=1S/C47H48N4Si/c1-32-27-42(50-49-32)33-15-13-18-37(28-33)51(36-16-9-8-10-17-36)38-19-14-20-39(31-38)52(45-21-11-12-26-48-45)43-24-22-34(46(2,3)4)29-40(43)41-30-35(47(5,6)7)23-25-44(41)52/h8-22,24-31,35H,23H2,1-7H3,(H,49,50)/t35?,52-/m0/s1. The lowest BCUT2D eigenvalue weighted by Gasteiger charge is -2.35. The van der Waals surface area contributed by atoms with Gasteiger partial charge in [-0.15, -0.1) is 0 Å². The molecule has 2 aromatic heterocycles. The van der Waals surface area contributed by atoms with E-state index in [-0.39, 0.29) is 10.8 Å². The molecule has 0 saturated heterocycles. The molecule has 3 heterocycles. The zero-order valence-corrected chi connectivity index (χ0v) is 32.4. The Balaban J connectivity index is 1.38. The van der Waals surface area contributed by atoms with E-state index in [1.807, 2.05) is 19.2 Å². The maximum absolute atomic E-state index is 5.25. The number of aryl methyl sites for hydroxylation is 1. The molecule has 4 aromatic carbocycles. The third kappa shape index (κ3) is 5.77. The first-order valence-corrected chi connectivity index (χ1v) is 20.5. The van der Waals surface area contributed by atoms with Crippen LogP contribution in [0.1, 0.15) is 64.8 Å². The van der Waals surface area contributed by atoms with Crippen LogP contribution in [0.5, 0.6) is 0 Å². The van der Waals surface area contributed by atoms with Crippen molar-refractivity contribution in [2.24, 2.45) is 11.3 Å². The van der Waals surface area contributed by atoms with Crippen LogP contribution in [-0.2, 0) is 5.41 Å². The maximum Gasteiger partial charge on any atom is 0.202 e. The molecule has 0 spiro atoms. The maximum atomic E-state index is 5.25. The number of aromatic nitrogens is 3. The number of rotatable bonds is 6. The Morgan fingerprint density at radius 1 is 0.731 bits per heavy atom. The smallest absolute Gasteiger partial charge is 0.202 e. The zero-order valence-electron chi connectivity index (χ0n) is 31.4. The average molecular weight is 697 g/mol. The summed E-state index contributed by atoms with van der Waals surface area (Å²) in [5, 5.41) is 13.1. The second-order valence-electron chi connectivity index (χ2n) is 16.6. The summed E-state index contributed by atoms with van der Waals surface area (Å²) in [5.41, 5.74) is 10.7. The van der Waals surface area contributed by atoms with Gasteiger partial charge in [-0.2, -0.15) is 5.10 Å². The van der Waals surface area contributed by atoms with Crippen molar-refractivity contribution in [2.45, 2.75) is 60.3 Å². The van der Waals surface area contributed by atoms with Gasteiger partial charge in [0.2, 0.25) is 8.07 Å². The highest BCUT2D eigenvalue weighted by Gasteiger charge is 2.53. The number of allylic oxidation sites excluding steroid dienone is 4. The van der Waals surface area contributed by atoms with Crippen LogP contribution in [0, 0.1) is 18.3 Å². The molecule has 8 rings (SSSR count). The van der Waals surface area contributed by atoms with Gasteiger partial charge in [-0.05, 0) is 117 Å². The van der Waals surface area contributed by atoms with E-state index in [0.717, 1.165) is 40.4 Å². The summed E-state index contributed by atoms with van der Waals surface area (Å²) in [6, 6.07) is 44.7. The van der Waals surface area contributed by atoms with Gasteiger partial charge in [0.05, 0.1) is 5.69 Å². The molecule has 1 unspecified atom stereocenters. The molecule has 6 aromatic rings. The topological polar surface area (TPSA) is 44.8 Å². The predicted octanol–water partition coefficient (Wildman–Crippen LogP) is 9.95. The van der Waals surface area contributed by atoms with Crippen molar-refractivity contribution < 1.29 is 0 Å². The fourth-order valence-electron chi connectivity index (χ4n) is 8.21. The van der Waals surface area contributed by atoms with Gasteiger partial charge in [0.15, 0.2) is 0 Å². The van der Waals surface area contributed by atoms with E-state index in [0.29, 0.717) is 5.92 Å². The van der Waals surface area contributed by atoms with Crippen LogP contribution >= 0.6 is 0 Å². The Morgan fingerprint density at radius 3 is 2.15 bits per heavy atom. The largest absolute Gasteiger partial charge is 0.310 e. The van der Waals surface area contributed by atoms with E-state index in [9.17, 15) is 0 Å². The fraction of sp³-hybridized carbons (Fsp3) is 0.234. The van der Waals surface area contributed by atoms with E-state index in [1.165, 1.54) is 37.6 Å². The minimum Gasteiger partial charge on any atom is -0.310 e. The number of anilines is 3. The third-order valence-electron chi connectivity index (χ3n) is 11.0. The van der Waals surface area contributed by atoms with Gasteiger partial charge in [-0.1, -0.05) is 120 Å². The number of hydrogen-bond acceptors (Lipinski definition) is 3. The van der Waals surface area contributed by atoms with Gasteiger partial charge in [0.1, 0.15) is 0 Å². The Hall–Kier alpha value is -5.26. The van der Waals surface area contributed by atoms with E-state index in [2.05, 4.69) is 184 Å². The molecule has 1 N–H and O–H groups in total. The summed E-state index contributed by atoms with van der Waals surface area (Å²) in [4.78, 5) is 7.63. The fourth-order valence-corrected chi connectivity index (χ4v) is 13.3. The summed E-state index contributed by atoms with van der Waals surface area (Å²) in [6.45, 7) is 16.1. The van der Waals surface area contributed by atoms with Gasteiger partial charge in [-0.25, -0.2) is 0 Å². The predicted molar refractivity (Wildman–Crippen MR) is 221 cm³/mol. The molecule has 0 bridgehead atoms. The average Bonchev–Trinajstić information content (AvgIpc) is 3.71. The molecule has 4 nitrogen and oxygen atoms in total. The normalized spacial score (nSPS) is 18.3. The summed E-state index contributed by atoms with van der Waals surface area (Å²) < 4.78 is 0. The number of aromatic amines is 1. The molecule has 0 saturated carbocycles. The van der Waals surface area contributed by atoms with Crippen molar-refractivity contribution in [1.29, 1.82) is 0 Å². The van der Waals surface area contributed by atoms with Crippen LogP contribution in [0.15, 0.2) is 145 Å². The monoisotopic (exact) mass is 696 g/mol. The Morgan fingerprint density at radius 2 is 1.46 bits per heavy atom. The van der Waals surface area contributed by atoms with Gasteiger partial charge < -0.3 is 4.90 Å². The van der Waals surface area contributed by atoms with Gasteiger partial charge in [0.25, 0.3) is 0 Å². The summed E-state index contributed by atoms with van der Waals surface area (Å²) in [5.74, 6) is 0.455. The molecule has 0 radical (unpaired) electrons. The number of H-pyrrole nitrogens is 1. The SMILES string of the molecule is Cc1cc(-c2cccc(N(c3ccccc3)c3cccc([Si@@]4(c5ccccn5)C5=CCC(C(C)(C)C)C=C5c5cc(C(C)(C)C)ccc54)c3)c2)n[nH]1. The van der Waals surface area contributed by atoms with Crippen LogP contribution in [0.25, 0.3) is 16.8 Å². The Labute approximate surface area is 310 Å². The minimum atomic E-state index is -2.84. The third-order valence-corrected chi connectivity index (χ3v) is 15.8. The first kappa shape index (κ1) is 33.9. The molecule has 1 aliphatic carbocycles. The van der Waals surface area contributed by atoms with Crippen molar-refractivity contribution in [2.75, 3.05) is 4.90 Å². The molecule has 0 fully saturated rings. The van der Waals surface area contributed by atoms with E-state index >= 15 is 0 Å². The summed E-state index contributed by atoms with van der Waals surface area (Å²) in [6.07, 6.45) is 8.22. The van der Waals surface area contributed by atoms with Crippen molar-refractivity contribution in [3.63, 3.8) is 0 Å². The molecule has 1 aliphatic heterocycles. The number of nitrogens with zero attached hydrogens (tertiary/aromatic N) is 3. The Bertz CT molecular complexity index is 2320. The van der Waals surface area contributed by atoms with Gasteiger partial charge in [0, 0.05) is 39.8 Å². The van der Waals surface area contributed by atoms with Crippen LogP contribution in [0.3, 0.4) is 0 Å². The van der Waals surface area contributed by atoms with Gasteiger partial charge in [-0.3, -0.25) is 10.1 Å². The zero-order chi connectivity index (χ0) is 36.3. The number of pyridine rings is 1. The molecule has 2 aliphatic rings. The highest BCUT2D eigenvalue weighted by atomic mass is 28.3. The lowest BCUT2D eigenvalue weighted by atomic mass is 9.75. The number of para-hydroxylation sites is 1. The molecular weight excluding hydrogens is 649 g/mol. The minimum absolute atomic E-state index is 0.0363. The lowest BCUT2D eigenvalue weighted by molar-refractivity contribution is 0.294. The number of nitrogens with one attached hydrogen (secondary N) is 1. The van der Waals surface area contributed by atoms with E-state index in [4.69, 9.17) is 4.98 Å². The Kier molecular flexibility index (Phi) is 8.30. The number of benzene rings is 4. The first-order valence-electron chi connectivity index (χ1n) is 18.5. The lowest BCUT2D eigenvalue weighted by Crippen LogP contribution is -2.67. The second-order valence-corrected chi connectivity index (χ2v) is 20.3. The van der Waals surface area contributed by atoms with E-state index < -0.39 is 8.07 Å². The first-order chi connectivity index (χ1) is 24.9. The van der Waals surface area contributed by atoms with Crippen LogP contribution in [0.2, 0.25) is 0 Å². The number of fused-ring (bicyclic) bond motifs is 3. The van der Waals surface area contributed by atoms with Crippen molar-refractivity contribution >= 4 is 46.4 Å². The number of hydrogen-bond donors (Lipinski definition) is 1. The second kappa shape index (κ2) is 12.7. The van der Waals surface area contributed by atoms with Crippen LogP contribution in [0.4, 0.5) is 17.1 Å². The molecule has 260 valence electrons. The van der Waals surface area contributed by atoms with Crippen LogP contribution < -0.4 is 20.6 Å².